The molecule has 1 rings (SSSR count). The summed E-state index contributed by atoms with van der Waals surface area (Å²) in [7, 11) is 0. The molecular formula is C10H10ClF2NO2. The van der Waals surface area contributed by atoms with Gasteiger partial charge in [0.1, 0.15) is 11.6 Å². The number of carbonyl (C=O) groups excluding carboxylic acids is 1. The van der Waals surface area contributed by atoms with E-state index in [0.717, 1.165) is 12.1 Å². The summed E-state index contributed by atoms with van der Waals surface area (Å²) in [5.74, 6) is -2.58. The Morgan fingerprint density at radius 3 is 2.69 bits per heavy atom. The van der Waals surface area contributed by atoms with Crippen LogP contribution in [0.2, 0.25) is 5.02 Å². The summed E-state index contributed by atoms with van der Waals surface area (Å²) in [5.41, 5.74) is -0.442. The zero-order valence-electron chi connectivity index (χ0n) is 8.43. The van der Waals surface area contributed by atoms with Gasteiger partial charge in [0, 0.05) is 6.54 Å². The third-order valence-electron chi connectivity index (χ3n) is 1.81. The topological polar surface area (TPSA) is 49.3 Å². The molecule has 88 valence electrons. The SMILES string of the molecule is C[C@H](O)CNC(=O)c1cc(F)c(Cl)cc1F. The summed E-state index contributed by atoms with van der Waals surface area (Å²) < 4.78 is 26.2. The van der Waals surface area contributed by atoms with Crippen LogP contribution in [-0.2, 0) is 0 Å². The van der Waals surface area contributed by atoms with Crippen molar-refractivity contribution in [1.29, 1.82) is 0 Å². The van der Waals surface area contributed by atoms with E-state index in [2.05, 4.69) is 5.32 Å². The molecule has 0 aliphatic heterocycles. The first-order valence-corrected chi connectivity index (χ1v) is 4.90. The van der Waals surface area contributed by atoms with Gasteiger partial charge in [0.15, 0.2) is 0 Å². The first-order chi connectivity index (χ1) is 7.41. The van der Waals surface area contributed by atoms with Gasteiger partial charge in [0.25, 0.3) is 5.91 Å². The number of hydrogen-bond acceptors (Lipinski definition) is 2. The molecule has 0 fully saturated rings. The van der Waals surface area contributed by atoms with E-state index in [-0.39, 0.29) is 11.6 Å². The highest BCUT2D eigenvalue weighted by molar-refractivity contribution is 6.30. The number of benzene rings is 1. The zero-order chi connectivity index (χ0) is 12.3. The first kappa shape index (κ1) is 12.9. The Labute approximate surface area is 96.0 Å². The Bertz CT molecular complexity index is 410. The number of carbonyl (C=O) groups is 1. The fourth-order valence-electron chi connectivity index (χ4n) is 1.03. The van der Waals surface area contributed by atoms with Crippen molar-refractivity contribution in [2.24, 2.45) is 0 Å². The van der Waals surface area contributed by atoms with Crippen molar-refractivity contribution >= 4 is 17.5 Å². The summed E-state index contributed by atoms with van der Waals surface area (Å²) in [4.78, 5) is 11.4. The molecule has 0 unspecified atom stereocenters. The maximum Gasteiger partial charge on any atom is 0.254 e. The summed E-state index contributed by atoms with van der Waals surface area (Å²) >= 11 is 5.33. The van der Waals surface area contributed by atoms with Crippen LogP contribution in [0, 0.1) is 11.6 Å². The van der Waals surface area contributed by atoms with Crippen LogP contribution in [0.1, 0.15) is 17.3 Å². The molecule has 0 radical (unpaired) electrons. The molecule has 0 aromatic heterocycles. The average Bonchev–Trinajstić information content (AvgIpc) is 2.20. The number of halogens is 3. The van der Waals surface area contributed by atoms with E-state index < -0.39 is 29.2 Å². The third-order valence-corrected chi connectivity index (χ3v) is 2.10. The molecule has 0 aliphatic rings. The van der Waals surface area contributed by atoms with E-state index in [0.29, 0.717) is 0 Å². The minimum absolute atomic E-state index is 0.0392. The molecule has 0 saturated heterocycles. The average molecular weight is 250 g/mol. The van der Waals surface area contributed by atoms with Gasteiger partial charge < -0.3 is 10.4 Å². The molecule has 16 heavy (non-hydrogen) atoms. The van der Waals surface area contributed by atoms with Crippen molar-refractivity contribution in [2.45, 2.75) is 13.0 Å². The lowest BCUT2D eigenvalue weighted by Crippen LogP contribution is -2.31. The predicted octanol–water partition coefficient (Wildman–Crippen LogP) is 1.73. The smallest absolute Gasteiger partial charge is 0.254 e. The molecule has 2 N–H and O–H groups in total. The summed E-state index contributed by atoms with van der Waals surface area (Å²) in [6.07, 6.45) is -0.760. The van der Waals surface area contributed by atoms with Gasteiger partial charge in [-0.2, -0.15) is 0 Å². The highest BCUT2D eigenvalue weighted by Crippen LogP contribution is 2.19. The molecule has 3 nitrogen and oxygen atoms in total. The summed E-state index contributed by atoms with van der Waals surface area (Å²) in [6, 6.07) is 1.45. The molecule has 0 saturated carbocycles. The van der Waals surface area contributed by atoms with Gasteiger partial charge in [-0.1, -0.05) is 11.6 Å². The molecule has 0 heterocycles. The standard InChI is InChI=1S/C10H10ClF2NO2/c1-5(15)4-14-10(16)6-2-9(13)7(11)3-8(6)12/h2-3,5,15H,4H2,1H3,(H,14,16)/t5-/m0/s1. The fraction of sp³-hybridized carbons (Fsp3) is 0.300. The number of amides is 1. The molecular weight excluding hydrogens is 240 g/mol. The number of aliphatic hydroxyl groups excluding tert-OH is 1. The number of hydrogen-bond donors (Lipinski definition) is 2. The largest absolute Gasteiger partial charge is 0.392 e. The maximum atomic E-state index is 13.2. The number of rotatable bonds is 3. The van der Waals surface area contributed by atoms with Crippen LogP contribution < -0.4 is 5.32 Å². The number of aliphatic hydroxyl groups is 1. The van der Waals surface area contributed by atoms with Gasteiger partial charge in [-0.15, -0.1) is 0 Å². The van der Waals surface area contributed by atoms with Crippen LogP contribution in [-0.4, -0.2) is 23.7 Å². The van der Waals surface area contributed by atoms with Crippen LogP contribution in [0.5, 0.6) is 0 Å². The molecule has 0 bridgehead atoms. The van der Waals surface area contributed by atoms with Gasteiger partial charge in [-0.05, 0) is 19.1 Å². The fourth-order valence-corrected chi connectivity index (χ4v) is 1.18. The molecule has 6 heteroatoms. The molecule has 1 aromatic rings. The zero-order valence-corrected chi connectivity index (χ0v) is 9.18. The van der Waals surface area contributed by atoms with Crippen molar-refractivity contribution in [3.8, 4) is 0 Å². The lowest BCUT2D eigenvalue weighted by Gasteiger charge is -2.08. The van der Waals surface area contributed by atoms with Crippen LogP contribution in [0.15, 0.2) is 12.1 Å². The van der Waals surface area contributed by atoms with Crippen molar-refractivity contribution in [3.05, 3.63) is 34.4 Å². The Hall–Kier alpha value is -1.20. The maximum absolute atomic E-state index is 13.2. The van der Waals surface area contributed by atoms with Crippen LogP contribution >= 0.6 is 11.6 Å². The Kier molecular flexibility index (Phi) is 4.20. The summed E-state index contributed by atoms with van der Waals surface area (Å²) in [6.45, 7) is 1.42. The molecule has 1 atom stereocenters. The van der Waals surface area contributed by atoms with Crippen molar-refractivity contribution in [2.75, 3.05) is 6.54 Å². The Balaban J connectivity index is 2.87. The van der Waals surface area contributed by atoms with E-state index in [9.17, 15) is 13.6 Å². The normalized spacial score (nSPS) is 12.3. The quantitative estimate of drug-likeness (QED) is 0.802. The van der Waals surface area contributed by atoms with E-state index in [4.69, 9.17) is 16.7 Å². The van der Waals surface area contributed by atoms with Gasteiger partial charge in [-0.25, -0.2) is 8.78 Å². The first-order valence-electron chi connectivity index (χ1n) is 4.52. The van der Waals surface area contributed by atoms with Gasteiger partial charge in [0.05, 0.1) is 16.7 Å². The van der Waals surface area contributed by atoms with Crippen molar-refractivity contribution in [3.63, 3.8) is 0 Å². The lowest BCUT2D eigenvalue weighted by molar-refractivity contribution is 0.0919. The van der Waals surface area contributed by atoms with Crippen LogP contribution in [0.3, 0.4) is 0 Å². The number of nitrogens with one attached hydrogen (secondary N) is 1. The van der Waals surface area contributed by atoms with Crippen LogP contribution in [0.25, 0.3) is 0 Å². The Morgan fingerprint density at radius 2 is 2.12 bits per heavy atom. The molecule has 1 amide bonds. The van der Waals surface area contributed by atoms with Crippen molar-refractivity contribution < 1.29 is 18.7 Å². The molecule has 0 aliphatic carbocycles. The summed E-state index contributed by atoms with van der Waals surface area (Å²) in [5, 5.41) is 10.8. The van der Waals surface area contributed by atoms with E-state index in [1.807, 2.05) is 0 Å². The second-order valence-corrected chi connectivity index (χ2v) is 3.71. The minimum atomic E-state index is -0.908. The Morgan fingerprint density at radius 1 is 1.50 bits per heavy atom. The van der Waals surface area contributed by atoms with Crippen LogP contribution in [0.4, 0.5) is 8.78 Å². The van der Waals surface area contributed by atoms with Gasteiger partial charge >= 0.3 is 0 Å². The van der Waals surface area contributed by atoms with E-state index >= 15 is 0 Å². The van der Waals surface area contributed by atoms with E-state index in [1.54, 1.807) is 0 Å². The predicted molar refractivity (Wildman–Crippen MR) is 55.4 cm³/mol. The van der Waals surface area contributed by atoms with Gasteiger partial charge in [0.2, 0.25) is 0 Å². The lowest BCUT2D eigenvalue weighted by atomic mass is 10.2. The molecule has 1 aromatic carbocycles. The monoisotopic (exact) mass is 249 g/mol. The van der Waals surface area contributed by atoms with Crippen molar-refractivity contribution in [1.82, 2.24) is 5.32 Å². The van der Waals surface area contributed by atoms with E-state index in [1.165, 1.54) is 6.92 Å². The highest BCUT2D eigenvalue weighted by atomic mass is 35.5. The second-order valence-electron chi connectivity index (χ2n) is 3.31. The molecule has 0 spiro atoms. The second kappa shape index (κ2) is 5.23. The van der Waals surface area contributed by atoms with Gasteiger partial charge in [-0.3, -0.25) is 4.79 Å². The third kappa shape index (κ3) is 3.15. The highest BCUT2D eigenvalue weighted by Gasteiger charge is 2.15. The minimum Gasteiger partial charge on any atom is -0.392 e.